The number of aryl methyl sites for hydroxylation is 1. The largest absolute Gasteiger partial charge is 0.444 e. The lowest BCUT2D eigenvalue weighted by Crippen LogP contribution is -2.35. The number of carbonyl (C=O) groups excluding carboxylic acids is 2. The summed E-state index contributed by atoms with van der Waals surface area (Å²) in [5.74, 6) is 0. The average molecular weight is 250 g/mol. The zero-order chi connectivity index (χ0) is 13.8. The predicted molar refractivity (Wildman–Crippen MR) is 67.1 cm³/mol. The van der Waals surface area contributed by atoms with Crippen molar-refractivity contribution in [1.82, 2.24) is 10.3 Å². The molecule has 0 spiro atoms. The van der Waals surface area contributed by atoms with Gasteiger partial charge in [-0.1, -0.05) is 6.07 Å². The first-order valence-electron chi connectivity index (χ1n) is 5.70. The Kier molecular flexibility index (Phi) is 4.42. The molecule has 0 saturated carbocycles. The minimum absolute atomic E-state index is 0.596. The van der Waals surface area contributed by atoms with Crippen molar-refractivity contribution in [3.05, 3.63) is 29.6 Å². The number of carbonyl (C=O) groups is 2. The van der Waals surface area contributed by atoms with Crippen molar-refractivity contribution in [3.63, 3.8) is 0 Å². The number of aromatic nitrogens is 1. The molecule has 18 heavy (non-hydrogen) atoms. The number of rotatable bonds is 3. The van der Waals surface area contributed by atoms with Gasteiger partial charge in [0.1, 0.15) is 17.9 Å². The standard InChI is InChI=1S/C13H18N2O3/c1-9-10(6-5-7-14-9)11(8-16)15-12(17)18-13(2,3)4/h5-8,11H,1-4H3,(H,15,17). The maximum atomic E-state index is 11.6. The van der Waals surface area contributed by atoms with Gasteiger partial charge < -0.3 is 14.8 Å². The van der Waals surface area contributed by atoms with E-state index < -0.39 is 17.7 Å². The molecule has 0 radical (unpaired) electrons. The van der Waals surface area contributed by atoms with Crippen molar-refractivity contribution in [1.29, 1.82) is 0 Å². The molecule has 1 N–H and O–H groups in total. The number of amides is 1. The second kappa shape index (κ2) is 5.62. The molecule has 0 aliphatic rings. The summed E-state index contributed by atoms with van der Waals surface area (Å²) >= 11 is 0. The molecule has 0 bridgehead atoms. The zero-order valence-corrected chi connectivity index (χ0v) is 11.1. The lowest BCUT2D eigenvalue weighted by molar-refractivity contribution is -0.109. The Morgan fingerprint density at radius 1 is 1.50 bits per heavy atom. The van der Waals surface area contributed by atoms with Crippen molar-refractivity contribution in [2.75, 3.05) is 0 Å². The maximum absolute atomic E-state index is 11.6. The fraction of sp³-hybridized carbons (Fsp3) is 0.462. The van der Waals surface area contributed by atoms with Gasteiger partial charge in [0.05, 0.1) is 0 Å². The van der Waals surface area contributed by atoms with Crippen LogP contribution in [-0.4, -0.2) is 23.0 Å². The highest BCUT2D eigenvalue weighted by Gasteiger charge is 2.21. The SMILES string of the molecule is Cc1ncccc1C(C=O)NC(=O)OC(C)(C)C. The van der Waals surface area contributed by atoms with Crippen LogP contribution in [0.1, 0.15) is 38.1 Å². The van der Waals surface area contributed by atoms with Crippen molar-refractivity contribution in [2.45, 2.75) is 39.3 Å². The molecule has 1 unspecified atom stereocenters. The molecule has 0 aliphatic carbocycles. The van der Waals surface area contributed by atoms with E-state index in [-0.39, 0.29) is 0 Å². The first kappa shape index (κ1) is 14.2. The van der Waals surface area contributed by atoms with E-state index in [1.54, 1.807) is 46.0 Å². The highest BCUT2D eigenvalue weighted by Crippen LogP contribution is 2.15. The molecule has 98 valence electrons. The van der Waals surface area contributed by atoms with Gasteiger partial charge in [0.25, 0.3) is 0 Å². The Hall–Kier alpha value is -1.91. The summed E-state index contributed by atoms with van der Waals surface area (Å²) in [5, 5.41) is 2.51. The summed E-state index contributed by atoms with van der Waals surface area (Å²) < 4.78 is 5.10. The van der Waals surface area contributed by atoms with Gasteiger partial charge in [0, 0.05) is 17.5 Å². The Morgan fingerprint density at radius 2 is 2.17 bits per heavy atom. The molecule has 0 aliphatic heterocycles. The number of ether oxygens (including phenoxy) is 1. The lowest BCUT2D eigenvalue weighted by Gasteiger charge is -2.22. The molecule has 1 aromatic heterocycles. The molecule has 1 aromatic rings. The molecular formula is C13H18N2O3. The smallest absolute Gasteiger partial charge is 0.408 e. The van der Waals surface area contributed by atoms with E-state index in [9.17, 15) is 9.59 Å². The summed E-state index contributed by atoms with van der Waals surface area (Å²) in [6, 6.07) is 2.72. The number of hydrogen-bond donors (Lipinski definition) is 1. The number of pyridine rings is 1. The highest BCUT2D eigenvalue weighted by molar-refractivity contribution is 5.74. The summed E-state index contributed by atoms with van der Waals surface area (Å²) in [4.78, 5) is 26.7. The van der Waals surface area contributed by atoms with Gasteiger partial charge in [0.15, 0.2) is 0 Å². The summed E-state index contributed by atoms with van der Waals surface area (Å²) in [6.07, 6.45) is 1.67. The molecule has 5 nitrogen and oxygen atoms in total. The van der Waals surface area contributed by atoms with E-state index in [0.29, 0.717) is 17.5 Å². The Bertz CT molecular complexity index is 438. The van der Waals surface area contributed by atoms with Gasteiger partial charge >= 0.3 is 6.09 Å². The van der Waals surface area contributed by atoms with Gasteiger partial charge in [-0.15, -0.1) is 0 Å². The Balaban J connectivity index is 2.78. The fourth-order valence-electron chi connectivity index (χ4n) is 1.44. The van der Waals surface area contributed by atoms with Crippen LogP contribution in [0.15, 0.2) is 18.3 Å². The summed E-state index contributed by atoms with van der Waals surface area (Å²) in [5.41, 5.74) is 0.769. The first-order chi connectivity index (χ1) is 8.33. The van der Waals surface area contributed by atoms with Crippen LogP contribution >= 0.6 is 0 Å². The van der Waals surface area contributed by atoms with Crippen molar-refractivity contribution >= 4 is 12.4 Å². The third-order valence-corrected chi connectivity index (χ3v) is 2.19. The molecule has 1 atom stereocenters. The van der Waals surface area contributed by atoms with E-state index in [1.165, 1.54) is 0 Å². The highest BCUT2D eigenvalue weighted by atomic mass is 16.6. The van der Waals surface area contributed by atoms with Crippen LogP contribution in [0.5, 0.6) is 0 Å². The second-order valence-corrected chi connectivity index (χ2v) is 4.94. The quantitative estimate of drug-likeness (QED) is 0.835. The monoisotopic (exact) mass is 250 g/mol. The van der Waals surface area contributed by atoms with Gasteiger partial charge in [-0.05, 0) is 33.8 Å². The maximum Gasteiger partial charge on any atom is 0.408 e. The molecule has 0 aromatic carbocycles. The predicted octanol–water partition coefficient (Wildman–Crippen LogP) is 2.15. The van der Waals surface area contributed by atoms with E-state index in [2.05, 4.69) is 10.3 Å². The molecule has 0 saturated heterocycles. The number of hydrogen-bond acceptors (Lipinski definition) is 4. The second-order valence-electron chi connectivity index (χ2n) is 4.94. The van der Waals surface area contributed by atoms with E-state index in [4.69, 9.17) is 4.74 Å². The zero-order valence-electron chi connectivity index (χ0n) is 11.1. The average Bonchev–Trinajstić information content (AvgIpc) is 2.24. The van der Waals surface area contributed by atoms with Crippen molar-refractivity contribution in [3.8, 4) is 0 Å². The van der Waals surface area contributed by atoms with Crippen LogP contribution in [0.2, 0.25) is 0 Å². The number of aldehydes is 1. The van der Waals surface area contributed by atoms with E-state index in [1.807, 2.05) is 0 Å². The van der Waals surface area contributed by atoms with Crippen LogP contribution in [0.25, 0.3) is 0 Å². The van der Waals surface area contributed by atoms with E-state index >= 15 is 0 Å². The third-order valence-electron chi connectivity index (χ3n) is 2.19. The molecular weight excluding hydrogens is 232 g/mol. The summed E-state index contributed by atoms with van der Waals surface area (Å²) in [7, 11) is 0. The van der Waals surface area contributed by atoms with Crippen molar-refractivity contribution in [2.24, 2.45) is 0 Å². The lowest BCUT2D eigenvalue weighted by atomic mass is 10.1. The fourth-order valence-corrected chi connectivity index (χ4v) is 1.44. The Labute approximate surface area is 107 Å². The summed E-state index contributed by atoms with van der Waals surface area (Å²) in [6.45, 7) is 7.07. The Morgan fingerprint density at radius 3 is 2.67 bits per heavy atom. The minimum atomic E-state index is -0.742. The number of nitrogens with one attached hydrogen (secondary N) is 1. The van der Waals surface area contributed by atoms with Crippen LogP contribution in [-0.2, 0) is 9.53 Å². The number of alkyl carbamates (subject to hydrolysis) is 1. The molecule has 1 heterocycles. The minimum Gasteiger partial charge on any atom is -0.444 e. The van der Waals surface area contributed by atoms with Crippen molar-refractivity contribution < 1.29 is 14.3 Å². The molecule has 1 rings (SSSR count). The third kappa shape index (κ3) is 4.16. The van der Waals surface area contributed by atoms with Crippen LogP contribution < -0.4 is 5.32 Å². The van der Waals surface area contributed by atoms with Crippen LogP contribution in [0.4, 0.5) is 4.79 Å². The molecule has 5 heteroatoms. The molecule has 0 fully saturated rings. The van der Waals surface area contributed by atoms with Gasteiger partial charge in [-0.2, -0.15) is 0 Å². The van der Waals surface area contributed by atoms with Crippen LogP contribution in [0.3, 0.4) is 0 Å². The van der Waals surface area contributed by atoms with Crippen LogP contribution in [0, 0.1) is 6.92 Å². The number of nitrogens with zero attached hydrogens (tertiary/aromatic N) is 1. The van der Waals surface area contributed by atoms with Gasteiger partial charge in [-0.25, -0.2) is 4.79 Å². The topological polar surface area (TPSA) is 68.3 Å². The van der Waals surface area contributed by atoms with E-state index in [0.717, 1.165) is 0 Å². The normalized spacial score (nSPS) is 12.7. The van der Waals surface area contributed by atoms with Gasteiger partial charge in [-0.3, -0.25) is 4.98 Å². The molecule has 1 amide bonds. The first-order valence-corrected chi connectivity index (χ1v) is 5.70. The van der Waals surface area contributed by atoms with Gasteiger partial charge in [0.2, 0.25) is 0 Å².